The summed E-state index contributed by atoms with van der Waals surface area (Å²) in [5.41, 5.74) is 6.95. The lowest BCUT2D eigenvalue weighted by atomic mass is 10.1. The van der Waals surface area contributed by atoms with Crippen LogP contribution >= 0.6 is 0 Å². The average Bonchev–Trinajstić information content (AvgIpc) is 3.62. The summed E-state index contributed by atoms with van der Waals surface area (Å²) in [6.45, 7) is 2.08. The molecule has 0 unspecified atom stereocenters. The Kier molecular flexibility index (Phi) is 7.07. The number of halogens is 3. The average molecular weight is 536 g/mol. The Labute approximate surface area is 221 Å². The van der Waals surface area contributed by atoms with Crippen molar-refractivity contribution in [2.24, 2.45) is 5.73 Å². The number of nitrogens with one attached hydrogen (secondary N) is 1. The highest BCUT2D eigenvalue weighted by atomic mass is 19.4. The Bertz CT molecular complexity index is 1630. The minimum absolute atomic E-state index is 0.00373. The van der Waals surface area contributed by atoms with Gasteiger partial charge in [0, 0.05) is 35.6 Å². The fourth-order valence-electron chi connectivity index (χ4n) is 4.19. The van der Waals surface area contributed by atoms with Gasteiger partial charge in [-0.25, -0.2) is 9.97 Å². The van der Waals surface area contributed by atoms with Crippen LogP contribution < -0.4 is 15.8 Å². The van der Waals surface area contributed by atoms with E-state index < -0.39 is 17.8 Å². The van der Waals surface area contributed by atoms with Crippen molar-refractivity contribution >= 4 is 16.8 Å². The minimum Gasteiger partial charge on any atom is -0.492 e. The predicted octanol–water partition coefficient (Wildman–Crippen LogP) is 5.49. The van der Waals surface area contributed by atoms with Gasteiger partial charge in [0.05, 0.1) is 13.2 Å². The number of amides is 1. The number of oxazole rings is 1. The fraction of sp³-hybridized carbons (Fsp3) is 0.179. The number of pyridine rings is 1. The summed E-state index contributed by atoms with van der Waals surface area (Å²) >= 11 is 0. The number of fused-ring (bicyclic) bond motifs is 1. The molecule has 0 atom stereocenters. The topological polar surface area (TPSA) is 108 Å². The molecule has 3 heterocycles. The standard InChI is InChI=1S/C28H24F3N5O3/c1-2-38-21-10-8-20(19-9-11-23(28(29,30)31)34-24(19)21)27-35-25(22(15-32)39-27)26(37)33-16-17-6-5-7-18(14-17)36-12-3-4-13-36/h3-14H,2,15-16,32H2,1H3,(H,33,37). The second kappa shape index (κ2) is 10.6. The van der Waals surface area contributed by atoms with E-state index >= 15 is 0 Å². The molecule has 0 saturated carbocycles. The van der Waals surface area contributed by atoms with Gasteiger partial charge in [0.1, 0.15) is 17.0 Å². The second-order valence-corrected chi connectivity index (χ2v) is 8.57. The number of rotatable bonds is 8. The van der Waals surface area contributed by atoms with E-state index in [4.69, 9.17) is 14.9 Å². The maximum absolute atomic E-state index is 13.3. The number of alkyl halides is 3. The van der Waals surface area contributed by atoms with Crippen LogP contribution in [0.3, 0.4) is 0 Å². The highest BCUT2D eigenvalue weighted by molar-refractivity contribution is 5.98. The number of carbonyl (C=O) groups excluding carboxylic acids is 1. The number of carbonyl (C=O) groups is 1. The van der Waals surface area contributed by atoms with Gasteiger partial charge in [0.25, 0.3) is 5.91 Å². The molecular formula is C28H24F3N5O3. The van der Waals surface area contributed by atoms with Crippen LogP contribution in [0, 0.1) is 0 Å². The molecule has 0 aliphatic heterocycles. The first-order valence-electron chi connectivity index (χ1n) is 12.1. The molecule has 39 heavy (non-hydrogen) atoms. The molecule has 3 N–H and O–H groups in total. The minimum atomic E-state index is -4.63. The van der Waals surface area contributed by atoms with Gasteiger partial charge < -0.3 is 24.8 Å². The van der Waals surface area contributed by atoms with Crippen LogP contribution in [0.4, 0.5) is 13.2 Å². The highest BCUT2D eigenvalue weighted by Crippen LogP contribution is 2.37. The first-order valence-corrected chi connectivity index (χ1v) is 12.1. The van der Waals surface area contributed by atoms with Crippen LogP contribution in [0.5, 0.6) is 5.75 Å². The molecule has 3 aromatic heterocycles. The Morgan fingerprint density at radius 2 is 1.87 bits per heavy atom. The van der Waals surface area contributed by atoms with Gasteiger partial charge in [0.2, 0.25) is 5.89 Å². The van der Waals surface area contributed by atoms with Crippen molar-refractivity contribution < 1.29 is 27.1 Å². The van der Waals surface area contributed by atoms with Gasteiger partial charge in [-0.05, 0) is 61.0 Å². The molecular weight excluding hydrogens is 511 g/mol. The molecule has 0 aliphatic rings. The van der Waals surface area contributed by atoms with Crippen molar-refractivity contribution in [3.63, 3.8) is 0 Å². The molecule has 2 aromatic carbocycles. The molecule has 0 aliphatic carbocycles. The zero-order chi connectivity index (χ0) is 27.6. The third kappa shape index (κ3) is 5.34. The van der Waals surface area contributed by atoms with Crippen LogP contribution in [0.1, 0.15) is 34.4 Å². The van der Waals surface area contributed by atoms with Crippen LogP contribution in [0.25, 0.3) is 28.0 Å². The number of nitrogens with zero attached hydrogens (tertiary/aromatic N) is 3. The summed E-state index contributed by atoms with van der Waals surface area (Å²) < 4.78 is 53.3. The fourth-order valence-corrected chi connectivity index (χ4v) is 4.19. The first kappa shape index (κ1) is 26.0. The van der Waals surface area contributed by atoms with Crippen molar-refractivity contribution in [3.05, 3.63) is 95.8 Å². The van der Waals surface area contributed by atoms with E-state index in [9.17, 15) is 18.0 Å². The summed E-state index contributed by atoms with van der Waals surface area (Å²) in [6.07, 6.45) is -0.783. The number of nitrogens with two attached hydrogens (primary N) is 1. The van der Waals surface area contributed by atoms with Gasteiger partial charge in [-0.2, -0.15) is 13.2 Å². The smallest absolute Gasteiger partial charge is 0.433 e. The lowest BCUT2D eigenvalue weighted by Crippen LogP contribution is -2.24. The summed E-state index contributed by atoms with van der Waals surface area (Å²) in [5.74, 6) is -0.132. The monoisotopic (exact) mass is 535 g/mol. The number of hydrogen-bond acceptors (Lipinski definition) is 6. The SMILES string of the molecule is CCOc1ccc(-c2nc(C(=O)NCc3cccc(-n4cccc4)c3)c(CN)o2)c2ccc(C(F)(F)F)nc12. The van der Waals surface area contributed by atoms with Gasteiger partial charge in [-0.15, -0.1) is 0 Å². The Hall–Kier alpha value is -4.64. The van der Waals surface area contributed by atoms with E-state index in [1.165, 1.54) is 12.1 Å². The second-order valence-electron chi connectivity index (χ2n) is 8.57. The molecule has 0 bridgehead atoms. The summed E-state index contributed by atoms with van der Waals surface area (Å²) in [6, 6.07) is 16.8. The molecule has 11 heteroatoms. The zero-order valence-electron chi connectivity index (χ0n) is 20.8. The van der Waals surface area contributed by atoms with E-state index in [-0.39, 0.29) is 48.3 Å². The maximum Gasteiger partial charge on any atom is 0.433 e. The third-order valence-corrected chi connectivity index (χ3v) is 6.00. The molecule has 0 spiro atoms. The third-order valence-electron chi connectivity index (χ3n) is 6.00. The van der Waals surface area contributed by atoms with E-state index in [0.29, 0.717) is 10.9 Å². The van der Waals surface area contributed by atoms with Gasteiger partial charge in [0.15, 0.2) is 11.5 Å². The van der Waals surface area contributed by atoms with E-state index in [1.54, 1.807) is 13.0 Å². The first-order chi connectivity index (χ1) is 18.8. The summed E-state index contributed by atoms with van der Waals surface area (Å²) in [4.78, 5) is 21.2. The lowest BCUT2D eigenvalue weighted by Gasteiger charge is -2.12. The quantitative estimate of drug-likeness (QED) is 0.272. The Balaban J connectivity index is 1.45. The molecule has 5 rings (SSSR count). The Morgan fingerprint density at radius 3 is 2.59 bits per heavy atom. The van der Waals surface area contributed by atoms with Crippen molar-refractivity contribution in [1.29, 1.82) is 0 Å². The number of ether oxygens (including phenoxy) is 1. The molecule has 8 nitrogen and oxygen atoms in total. The van der Waals surface area contributed by atoms with E-state index in [1.807, 2.05) is 53.4 Å². The van der Waals surface area contributed by atoms with Crippen LogP contribution in [-0.4, -0.2) is 27.0 Å². The van der Waals surface area contributed by atoms with Crippen molar-refractivity contribution in [3.8, 4) is 22.9 Å². The zero-order valence-corrected chi connectivity index (χ0v) is 20.8. The van der Waals surface area contributed by atoms with Crippen molar-refractivity contribution in [2.75, 3.05) is 6.61 Å². The number of hydrogen-bond donors (Lipinski definition) is 2. The molecule has 0 saturated heterocycles. The van der Waals surface area contributed by atoms with Crippen molar-refractivity contribution in [1.82, 2.24) is 19.9 Å². The number of benzene rings is 2. The van der Waals surface area contributed by atoms with Gasteiger partial charge in [-0.3, -0.25) is 4.79 Å². The largest absolute Gasteiger partial charge is 0.492 e. The van der Waals surface area contributed by atoms with E-state index in [0.717, 1.165) is 17.3 Å². The summed E-state index contributed by atoms with van der Waals surface area (Å²) in [5, 5.41) is 3.16. The molecule has 1 amide bonds. The normalized spacial score (nSPS) is 11.6. The predicted molar refractivity (Wildman–Crippen MR) is 138 cm³/mol. The van der Waals surface area contributed by atoms with Crippen LogP contribution in [-0.2, 0) is 19.3 Å². The van der Waals surface area contributed by atoms with Gasteiger partial charge >= 0.3 is 6.18 Å². The van der Waals surface area contributed by atoms with E-state index in [2.05, 4.69) is 15.3 Å². The highest BCUT2D eigenvalue weighted by Gasteiger charge is 2.33. The molecule has 200 valence electrons. The van der Waals surface area contributed by atoms with Crippen LogP contribution in [0.15, 0.2) is 77.5 Å². The molecule has 0 radical (unpaired) electrons. The molecule has 5 aromatic rings. The lowest BCUT2D eigenvalue weighted by molar-refractivity contribution is -0.140. The Morgan fingerprint density at radius 1 is 1.08 bits per heavy atom. The number of aromatic nitrogens is 3. The van der Waals surface area contributed by atoms with Crippen LogP contribution in [0.2, 0.25) is 0 Å². The van der Waals surface area contributed by atoms with Gasteiger partial charge in [-0.1, -0.05) is 12.1 Å². The molecule has 0 fully saturated rings. The summed E-state index contributed by atoms with van der Waals surface area (Å²) in [7, 11) is 0. The van der Waals surface area contributed by atoms with Crippen molar-refractivity contribution in [2.45, 2.75) is 26.2 Å². The maximum atomic E-state index is 13.3.